The van der Waals surface area contributed by atoms with Crippen LogP contribution in [0.5, 0.6) is 5.75 Å². The third-order valence-electron chi connectivity index (χ3n) is 6.43. The van der Waals surface area contributed by atoms with E-state index in [1.165, 1.54) is 5.56 Å². The van der Waals surface area contributed by atoms with Gasteiger partial charge in [0.15, 0.2) is 0 Å². The molecule has 1 saturated heterocycles. The SMILES string of the molecule is COc1ccc(C2(C)NC(=O)N(CC(=O)N3CCCc4cc(C(C)C)ccc43)C2=O)cc1. The Morgan fingerprint density at radius 2 is 1.88 bits per heavy atom. The van der Waals surface area contributed by atoms with Gasteiger partial charge in [0.2, 0.25) is 5.91 Å². The molecule has 2 aliphatic heterocycles. The maximum Gasteiger partial charge on any atom is 0.325 e. The number of carbonyl (C=O) groups is 3. The van der Waals surface area contributed by atoms with Crippen molar-refractivity contribution in [3.8, 4) is 5.75 Å². The van der Waals surface area contributed by atoms with Crippen molar-refractivity contribution in [1.82, 2.24) is 10.2 Å². The van der Waals surface area contributed by atoms with Gasteiger partial charge >= 0.3 is 6.03 Å². The van der Waals surface area contributed by atoms with Crippen LogP contribution in [0.4, 0.5) is 10.5 Å². The Morgan fingerprint density at radius 1 is 1.16 bits per heavy atom. The number of hydrogen-bond donors (Lipinski definition) is 1. The number of imide groups is 1. The molecule has 1 unspecified atom stereocenters. The minimum absolute atomic E-state index is 0.259. The second kappa shape index (κ2) is 8.30. The lowest BCUT2D eigenvalue weighted by atomic mass is 9.92. The van der Waals surface area contributed by atoms with Crippen molar-refractivity contribution >= 4 is 23.5 Å². The third kappa shape index (κ3) is 3.72. The van der Waals surface area contributed by atoms with Gasteiger partial charge in [0.05, 0.1) is 7.11 Å². The molecule has 0 aromatic heterocycles. The second-order valence-corrected chi connectivity index (χ2v) is 8.87. The van der Waals surface area contributed by atoms with E-state index in [1.807, 2.05) is 12.1 Å². The molecule has 7 nitrogen and oxygen atoms in total. The minimum Gasteiger partial charge on any atom is -0.497 e. The zero-order valence-corrected chi connectivity index (χ0v) is 19.0. The highest BCUT2D eigenvalue weighted by molar-refractivity contribution is 6.10. The van der Waals surface area contributed by atoms with E-state index in [-0.39, 0.29) is 12.5 Å². The van der Waals surface area contributed by atoms with E-state index < -0.39 is 17.5 Å². The molecule has 2 aliphatic rings. The van der Waals surface area contributed by atoms with Gasteiger partial charge < -0.3 is 15.0 Å². The van der Waals surface area contributed by atoms with E-state index in [0.717, 1.165) is 29.0 Å². The molecule has 1 N–H and O–H groups in total. The predicted molar refractivity (Wildman–Crippen MR) is 122 cm³/mol. The van der Waals surface area contributed by atoms with Gasteiger partial charge in [-0.3, -0.25) is 14.5 Å². The molecule has 7 heteroatoms. The quantitative estimate of drug-likeness (QED) is 0.729. The van der Waals surface area contributed by atoms with Crippen molar-refractivity contribution in [3.63, 3.8) is 0 Å². The van der Waals surface area contributed by atoms with Gasteiger partial charge in [0.1, 0.15) is 17.8 Å². The van der Waals surface area contributed by atoms with Crippen LogP contribution in [-0.4, -0.2) is 42.9 Å². The summed E-state index contributed by atoms with van der Waals surface area (Å²) in [5, 5.41) is 2.76. The number of urea groups is 1. The normalized spacial score (nSPS) is 20.4. The summed E-state index contributed by atoms with van der Waals surface area (Å²) in [6.07, 6.45) is 1.77. The number of rotatable bonds is 5. The second-order valence-electron chi connectivity index (χ2n) is 8.87. The number of ether oxygens (including phenoxy) is 1. The number of nitrogens with zero attached hydrogens (tertiary/aromatic N) is 2. The van der Waals surface area contributed by atoms with Crippen molar-refractivity contribution < 1.29 is 19.1 Å². The van der Waals surface area contributed by atoms with Crippen LogP contribution in [-0.2, 0) is 21.5 Å². The minimum atomic E-state index is -1.23. The fourth-order valence-corrected chi connectivity index (χ4v) is 4.42. The van der Waals surface area contributed by atoms with Crippen molar-refractivity contribution in [2.75, 3.05) is 25.1 Å². The molecular weight excluding hydrogens is 406 g/mol. The smallest absolute Gasteiger partial charge is 0.325 e. The maximum atomic E-state index is 13.2. The lowest BCUT2D eigenvalue weighted by Crippen LogP contribution is -2.46. The summed E-state index contributed by atoms with van der Waals surface area (Å²) < 4.78 is 5.17. The summed E-state index contributed by atoms with van der Waals surface area (Å²) in [5.74, 6) is 0.373. The van der Waals surface area contributed by atoms with Crippen LogP contribution in [0.1, 0.15) is 49.8 Å². The predicted octanol–water partition coefficient (Wildman–Crippen LogP) is 3.57. The van der Waals surface area contributed by atoms with Crippen LogP contribution in [0, 0.1) is 0 Å². The molecule has 0 saturated carbocycles. The highest BCUT2D eigenvalue weighted by Crippen LogP contribution is 2.32. The number of methoxy groups -OCH3 is 1. The summed E-state index contributed by atoms with van der Waals surface area (Å²) in [4.78, 5) is 41.8. The molecule has 0 bridgehead atoms. The van der Waals surface area contributed by atoms with Gasteiger partial charge in [-0.25, -0.2) is 4.79 Å². The molecule has 32 heavy (non-hydrogen) atoms. The van der Waals surface area contributed by atoms with E-state index >= 15 is 0 Å². The van der Waals surface area contributed by atoms with Gasteiger partial charge in [-0.15, -0.1) is 0 Å². The first kappa shape index (κ1) is 21.9. The van der Waals surface area contributed by atoms with Crippen LogP contribution >= 0.6 is 0 Å². The van der Waals surface area contributed by atoms with Gasteiger partial charge in [0.25, 0.3) is 5.91 Å². The molecule has 4 amide bonds. The number of benzene rings is 2. The summed E-state index contributed by atoms with van der Waals surface area (Å²) in [6, 6.07) is 12.6. The molecule has 0 spiro atoms. The Bertz CT molecular complexity index is 1060. The van der Waals surface area contributed by atoms with E-state index in [2.05, 4.69) is 25.2 Å². The fourth-order valence-electron chi connectivity index (χ4n) is 4.42. The Morgan fingerprint density at radius 3 is 2.53 bits per heavy atom. The molecule has 1 atom stereocenters. The number of nitrogens with one attached hydrogen (secondary N) is 1. The molecule has 4 rings (SSSR count). The number of anilines is 1. The van der Waals surface area contributed by atoms with Crippen molar-refractivity contribution in [1.29, 1.82) is 0 Å². The van der Waals surface area contributed by atoms with E-state index in [4.69, 9.17) is 4.74 Å². The standard InChI is InChI=1S/C25H29N3O4/c1-16(2)17-7-12-21-18(14-17)6-5-13-27(21)22(29)15-28-23(30)25(3,26-24(28)31)19-8-10-20(32-4)11-9-19/h7-12,14,16H,5-6,13,15H2,1-4H3,(H,26,31). The first-order valence-corrected chi connectivity index (χ1v) is 11.0. The highest BCUT2D eigenvalue weighted by Gasteiger charge is 2.49. The topological polar surface area (TPSA) is 79.0 Å². The molecule has 2 aromatic rings. The van der Waals surface area contributed by atoms with Crippen LogP contribution in [0.15, 0.2) is 42.5 Å². The van der Waals surface area contributed by atoms with Crippen LogP contribution in [0.25, 0.3) is 0 Å². The van der Waals surface area contributed by atoms with Gasteiger partial charge in [0, 0.05) is 12.2 Å². The van der Waals surface area contributed by atoms with Crippen LogP contribution in [0.3, 0.4) is 0 Å². The summed E-state index contributed by atoms with van der Waals surface area (Å²) in [7, 11) is 1.56. The zero-order valence-electron chi connectivity index (χ0n) is 19.0. The molecular formula is C25H29N3O4. The Balaban J connectivity index is 1.54. The molecule has 1 fully saturated rings. The number of fused-ring (bicyclic) bond motifs is 1. The number of amides is 4. The average Bonchev–Trinajstić information content (AvgIpc) is 3.02. The zero-order chi connectivity index (χ0) is 23.0. The summed E-state index contributed by atoms with van der Waals surface area (Å²) in [6.45, 7) is 6.23. The number of aryl methyl sites for hydroxylation is 1. The lowest BCUT2D eigenvalue weighted by molar-refractivity contribution is -0.134. The lowest BCUT2D eigenvalue weighted by Gasteiger charge is -2.31. The largest absolute Gasteiger partial charge is 0.497 e. The fraction of sp³-hybridized carbons (Fsp3) is 0.400. The highest BCUT2D eigenvalue weighted by atomic mass is 16.5. The van der Waals surface area contributed by atoms with Crippen LogP contribution < -0.4 is 15.0 Å². The van der Waals surface area contributed by atoms with Gasteiger partial charge in [-0.2, -0.15) is 0 Å². The van der Waals surface area contributed by atoms with E-state index in [0.29, 0.717) is 23.8 Å². The van der Waals surface area contributed by atoms with Crippen molar-refractivity contribution in [2.45, 2.75) is 45.1 Å². The first-order chi connectivity index (χ1) is 15.2. The van der Waals surface area contributed by atoms with Gasteiger partial charge in [-0.05, 0) is 60.6 Å². The van der Waals surface area contributed by atoms with Crippen LogP contribution in [0.2, 0.25) is 0 Å². The number of carbonyl (C=O) groups excluding carboxylic acids is 3. The molecule has 0 radical (unpaired) electrons. The maximum absolute atomic E-state index is 13.2. The molecule has 168 valence electrons. The van der Waals surface area contributed by atoms with E-state index in [9.17, 15) is 14.4 Å². The van der Waals surface area contributed by atoms with E-state index in [1.54, 1.807) is 43.2 Å². The third-order valence-corrected chi connectivity index (χ3v) is 6.43. The van der Waals surface area contributed by atoms with Gasteiger partial charge in [-0.1, -0.05) is 38.1 Å². The number of hydrogen-bond acceptors (Lipinski definition) is 4. The Kier molecular flexibility index (Phi) is 5.67. The van der Waals surface area contributed by atoms with Crippen molar-refractivity contribution in [3.05, 3.63) is 59.2 Å². The summed E-state index contributed by atoms with van der Waals surface area (Å²) in [5.41, 5.74) is 2.65. The monoisotopic (exact) mass is 435 g/mol. The molecule has 2 heterocycles. The molecule has 0 aliphatic carbocycles. The average molecular weight is 436 g/mol. The Hall–Kier alpha value is -3.35. The Labute approximate surface area is 188 Å². The summed E-state index contributed by atoms with van der Waals surface area (Å²) >= 11 is 0. The van der Waals surface area contributed by atoms with Crippen molar-refractivity contribution in [2.24, 2.45) is 0 Å². The molecule has 2 aromatic carbocycles. The first-order valence-electron chi connectivity index (χ1n) is 11.0.